The predicted octanol–water partition coefficient (Wildman–Crippen LogP) is 3.85. The summed E-state index contributed by atoms with van der Waals surface area (Å²) in [4.78, 5) is 20.1. The van der Waals surface area contributed by atoms with Gasteiger partial charge in [-0.2, -0.15) is 0 Å². The predicted molar refractivity (Wildman–Crippen MR) is 112 cm³/mol. The molecule has 3 heterocycles. The molecule has 2 aliphatic rings. The SMILES string of the molecule is O=C(Cn1c(C2CC2)nc2ccccc21)NCC(c1ccco1)N1CCCCC1. The summed E-state index contributed by atoms with van der Waals surface area (Å²) in [6.45, 7) is 2.99. The first-order valence-corrected chi connectivity index (χ1v) is 10.8. The van der Waals surface area contributed by atoms with Gasteiger partial charge in [0.2, 0.25) is 5.91 Å². The number of nitrogens with zero attached hydrogens (tertiary/aromatic N) is 3. The molecule has 2 aromatic heterocycles. The highest BCUT2D eigenvalue weighted by Crippen LogP contribution is 2.40. The summed E-state index contributed by atoms with van der Waals surface area (Å²) in [6.07, 6.45) is 7.74. The minimum atomic E-state index is 0.0311. The van der Waals surface area contributed by atoms with Crippen LogP contribution in [0.25, 0.3) is 11.0 Å². The zero-order chi connectivity index (χ0) is 19.6. The van der Waals surface area contributed by atoms with Crippen LogP contribution in [-0.2, 0) is 11.3 Å². The van der Waals surface area contributed by atoms with Gasteiger partial charge in [0.1, 0.15) is 18.1 Å². The maximum Gasteiger partial charge on any atom is 0.240 e. The molecule has 6 nitrogen and oxygen atoms in total. The van der Waals surface area contributed by atoms with Crippen molar-refractivity contribution in [3.63, 3.8) is 0 Å². The van der Waals surface area contributed by atoms with E-state index in [0.717, 1.165) is 35.7 Å². The Labute approximate surface area is 170 Å². The van der Waals surface area contributed by atoms with E-state index in [9.17, 15) is 4.79 Å². The fourth-order valence-electron chi connectivity index (χ4n) is 4.44. The first kappa shape index (κ1) is 18.4. The highest BCUT2D eigenvalue weighted by atomic mass is 16.3. The Kier molecular flexibility index (Phi) is 5.10. The maximum atomic E-state index is 12.9. The lowest BCUT2D eigenvalue weighted by molar-refractivity contribution is -0.122. The molecule has 2 fully saturated rings. The molecule has 0 bridgehead atoms. The van der Waals surface area contributed by atoms with E-state index in [4.69, 9.17) is 9.40 Å². The third-order valence-corrected chi connectivity index (χ3v) is 6.12. The van der Waals surface area contributed by atoms with Gasteiger partial charge in [0, 0.05) is 12.5 Å². The van der Waals surface area contributed by atoms with Crippen molar-refractivity contribution in [3.8, 4) is 0 Å². The number of para-hydroxylation sites is 2. The fraction of sp³-hybridized carbons (Fsp3) is 0.478. The summed E-state index contributed by atoms with van der Waals surface area (Å²) in [5.74, 6) is 2.52. The van der Waals surface area contributed by atoms with Gasteiger partial charge < -0.3 is 14.3 Å². The third-order valence-electron chi connectivity index (χ3n) is 6.12. The van der Waals surface area contributed by atoms with Gasteiger partial charge in [-0.15, -0.1) is 0 Å². The van der Waals surface area contributed by atoms with Crippen LogP contribution >= 0.6 is 0 Å². The number of nitrogens with one attached hydrogen (secondary N) is 1. The van der Waals surface area contributed by atoms with Crippen molar-refractivity contribution in [3.05, 3.63) is 54.2 Å². The Hall–Kier alpha value is -2.60. The van der Waals surface area contributed by atoms with Gasteiger partial charge in [0.15, 0.2) is 0 Å². The molecule has 6 heteroatoms. The van der Waals surface area contributed by atoms with Crippen LogP contribution in [0.5, 0.6) is 0 Å². The van der Waals surface area contributed by atoms with Crippen molar-refractivity contribution < 1.29 is 9.21 Å². The number of piperidine rings is 1. The van der Waals surface area contributed by atoms with Crippen LogP contribution in [0.2, 0.25) is 0 Å². The van der Waals surface area contributed by atoms with Crippen molar-refractivity contribution in [1.29, 1.82) is 0 Å². The van der Waals surface area contributed by atoms with Crippen LogP contribution in [-0.4, -0.2) is 40.0 Å². The molecule has 3 aromatic rings. The second kappa shape index (κ2) is 8.03. The van der Waals surface area contributed by atoms with Crippen molar-refractivity contribution in [1.82, 2.24) is 19.8 Å². The van der Waals surface area contributed by atoms with Crippen LogP contribution in [0.15, 0.2) is 47.1 Å². The first-order chi connectivity index (χ1) is 14.3. The number of aromatic nitrogens is 2. The van der Waals surface area contributed by atoms with Crippen molar-refractivity contribution in [2.24, 2.45) is 0 Å². The molecule has 152 valence electrons. The quantitative estimate of drug-likeness (QED) is 0.663. The average molecular weight is 393 g/mol. The van der Waals surface area contributed by atoms with E-state index >= 15 is 0 Å². The smallest absolute Gasteiger partial charge is 0.240 e. The molecule has 1 N–H and O–H groups in total. The molecule has 1 saturated carbocycles. The van der Waals surface area contributed by atoms with Crippen LogP contribution in [0.4, 0.5) is 0 Å². The standard InChI is InChI=1S/C23H28N4O2/c28-22(16-27-19-8-3-2-7-18(19)25-23(27)17-10-11-17)24-15-20(21-9-6-14-29-21)26-12-4-1-5-13-26/h2-3,6-9,14,17,20H,1,4-5,10-13,15-16H2,(H,24,28). The lowest BCUT2D eigenvalue weighted by atomic mass is 10.1. The number of carbonyl (C=O) groups excluding carboxylic acids is 1. The molecule has 0 spiro atoms. The Bertz CT molecular complexity index is 968. The van der Waals surface area contributed by atoms with Gasteiger partial charge in [-0.3, -0.25) is 9.69 Å². The molecule has 1 aromatic carbocycles. The van der Waals surface area contributed by atoms with Crippen molar-refractivity contribution >= 4 is 16.9 Å². The van der Waals surface area contributed by atoms with E-state index in [2.05, 4.69) is 20.9 Å². The number of amides is 1. The molecule has 1 amide bonds. The topological polar surface area (TPSA) is 63.3 Å². The lowest BCUT2D eigenvalue weighted by Gasteiger charge is -2.33. The second-order valence-corrected chi connectivity index (χ2v) is 8.25. The van der Waals surface area contributed by atoms with Crippen LogP contribution in [0.3, 0.4) is 0 Å². The minimum Gasteiger partial charge on any atom is -0.468 e. The molecule has 1 aliphatic carbocycles. The molecule has 29 heavy (non-hydrogen) atoms. The Balaban J connectivity index is 1.30. The summed E-state index contributed by atoms with van der Waals surface area (Å²) < 4.78 is 7.80. The van der Waals surface area contributed by atoms with Crippen LogP contribution < -0.4 is 5.32 Å². The molecule has 1 atom stereocenters. The van der Waals surface area contributed by atoms with E-state index in [-0.39, 0.29) is 11.9 Å². The number of furan rings is 1. The molecule has 1 unspecified atom stereocenters. The zero-order valence-electron chi connectivity index (χ0n) is 16.7. The largest absolute Gasteiger partial charge is 0.468 e. The highest BCUT2D eigenvalue weighted by molar-refractivity contribution is 5.81. The maximum absolute atomic E-state index is 12.9. The number of hydrogen-bond acceptors (Lipinski definition) is 4. The number of imidazole rings is 1. The highest BCUT2D eigenvalue weighted by Gasteiger charge is 2.30. The molecule has 5 rings (SSSR count). The van der Waals surface area contributed by atoms with Crippen LogP contribution in [0, 0.1) is 0 Å². The Morgan fingerprint density at radius 1 is 1.14 bits per heavy atom. The summed E-state index contributed by atoms with van der Waals surface area (Å²) in [5.41, 5.74) is 2.02. The first-order valence-electron chi connectivity index (χ1n) is 10.8. The van der Waals surface area contributed by atoms with E-state index in [1.165, 1.54) is 32.1 Å². The van der Waals surface area contributed by atoms with E-state index in [1.54, 1.807) is 6.26 Å². The Morgan fingerprint density at radius 3 is 2.72 bits per heavy atom. The number of fused-ring (bicyclic) bond motifs is 1. The fourth-order valence-corrected chi connectivity index (χ4v) is 4.44. The lowest BCUT2D eigenvalue weighted by Crippen LogP contribution is -2.41. The van der Waals surface area contributed by atoms with Gasteiger partial charge >= 0.3 is 0 Å². The van der Waals surface area contributed by atoms with Gasteiger partial charge in [-0.05, 0) is 63.0 Å². The average Bonchev–Trinajstić information content (AvgIpc) is 3.33. The second-order valence-electron chi connectivity index (χ2n) is 8.25. The normalized spacial score (nSPS) is 18.8. The monoisotopic (exact) mass is 392 g/mol. The molecular formula is C23H28N4O2. The molecular weight excluding hydrogens is 364 g/mol. The van der Waals surface area contributed by atoms with E-state index in [1.807, 2.05) is 30.3 Å². The van der Waals surface area contributed by atoms with Gasteiger partial charge in [0.25, 0.3) is 0 Å². The number of benzene rings is 1. The third kappa shape index (κ3) is 3.94. The molecule has 1 saturated heterocycles. The van der Waals surface area contributed by atoms with Gasteiger partial charge in [-0.25, -0.2) is 4.98 Å². The van der Waals surface area contributed by atoms with E-state index in [0.29, 0.717) is 19.0 Å². The summed E-state index contributed by atoms with van der Waals surface area (Å²) in [7, 11) is 0. The number of carbonyl (C=O) groups is 1. The zero-order valence-corrected chi connectivity index (χ0v) is 16.7. The minimum absolute atomic E-state index is 0.0311. The summed E-state index contributed by atoms with van der Waals surface area (Å²) in [6, 6.07) is 12.1. The number of hydrogen-bond donors (Lipinski definition) is 1. The van der Waals surface area contributed by atoms with E-state index < -0.39 is 0 Å². The summed E-state index contributed by atoms with van der Waals surface area (Å²) in [5, 5.41) is 3.17. The van der Waals surface area contributed by atoms with Gasteiger partial charge in [-0.1, -0.05) is 18.6 Å². The molecule has 0 radical (unpaired) electrons. The Morgan fingerprint density at radius 2 is 1.97 bits per heavy atom. The summed E-state index contributed by atoms with van der Waals surface area (Å²) >= 11 is 0. The van der Waals surface area contributed by atoms with Crippen molar-refractivity contribution in [2.45, 2.75) is 50.6 Å². The number of likely N-dealkylation sites (tertiary alicyclic amines) is 1. The van der Waals surface area contributed by atoms with Crippen LogP contribution in [0.1, 0.15) is 55.6 Å². The molecule has 1 aliphatic heterocycles. The van der Waals surface area contributed by atoms with Gasteiger partial charge in [0.05, 0.1) is 23.3 Å². The van der Waals surface area contributed by atoms with Crippen molar-refractivity contribution in [2.75, 3.05) is 19.6 Å². The number of rotatable bonds is 7.